The van der Waals surface area contributed by atoms with Gasteiger partial charge in [0.25, 0.3) is 5.91 Å². The second kappa shape index (κ2) is 7.85. The van der Waals surface area contributed by atoms with Crippen molar-refractivity contribution < 1.29 is 4.79 Å². The van der Waals surface area contributed by atoms with Gasteiger partial charge in [0.2, 0.25) is 0 Å². The van der Waals surface area contributed by atoms with Crippen LogP contribution in [0.5, 0.6) is 0 Å². The van der Waals surface area contributed by atoms with Gasteiger partial charge in [-0.3, -0.25) is 9.69 Å². The Labute approximate surface area is 147 Å². The van der Waals surface area contributed by atoms with E-state index in [4.69, 9.17) is 0 Å². The van der Waals surface area contributed by atoms with Gasteiger partial charge < -0.3 is 5.32 Å². The molecule has 0 aliphatic carbocycles. The van der Waals surface area contributed by atoms with E-state index in [1.807, 2.05) is 0 Å². The first-order chi connectivity index (χ1) is 11.6. The Kier molecular flexibility index (Phi) is 5.58. The molecule has 1 aliphatic rings. The molecular formula is C18H24N4OS. The number of nitrogens with one attached hydrogen (secondary N) is 1. The molecule has 2 aromatic rings. The van der Waals surface area contributed by atoms with Gasteiger partial charge >= 0.3 is 0 Å². The Balaban J connectivity index is 1.55. The fraction of sp³-hybridized carbons (Fsp3) is 0.500. The van der Waals surface area contributed by atoms with Gasteiger partial charge in [0.15, 0.2) is 0 Å². The number of carbonyl (C=O) groups excluding carboxylic acids is 1. The van der Waals surface area contributed by atoms with Crippen molar-refractivity contribution in [3.63, 3.8) is 0 Å². The van der Waals surface area contributed by atoms with Gasteiger partial charge in [0, 0.05) is 13.1 Å². The molecule has 1 N–H and O–H groups in total. The molecule has 1 amide bonds. The van der Waals surface area contributed by atoms with Crippen molar-refractivity contribution in [1.82, 2.24) is 19.8 Å². The van der Waals surface area contributed by atoms with Gasteiger partial charge in [-0.1, -0.05) is 35.7 Å². The molecule has 1 fully saturated rings. The number of hydrogen-bond acceptors (Lipinski definition) is 5. The van der Waals surface area contributed by atoms with Gasteiger partial charge in [-0.25, -0.2) is 0 Å². The third kappa shape index (κ3) is 4.39. The number of benzene rings is 1. The van der Waals surface area contributed by atoms with Crippen molar-refractivity contribution in [3.8, 4) is 0 Å². The van der Waals surface area contributed by atoms with Crippen LogP contribution in [-0.2, 0) is 13.1 Å². The maximum Gasteiger partial charge on any atom is 0.265 e. The molecule has 6 heteroatoms. The Morgan fingerprint density at radius 1 is 1.33 bits per heavy atom. The molecule has 0 unspecified atom stereocenters. The Hall–Kier alpha value is -1.79. The second-order valence-corrected chi connectivity index (χ2v) is 7.40. The molecule has 0 bridgehead atoms. The maximum atomic E-state index is 12.1. The lowest BCUT2D eigenvalue weighted by atomic mass is 9.98. The van der Waals surface area contributed by atoms with Crippen LogP contribution >= 0.6 is 11.5 Å². The van der Waals surface area contributed by atoms with Gasteiger partial charge in [-0.2, -0.15) is 0 Å². The summed E-state index contributed by atoms with van der Waals surface area (Å²) in [6.45, 7) is 8.02. The van der Waals surface area contributed by atoms with Crippen LogP contribution in [0.1, 0.15) is 46.3 Å². The third-order valence-electron chi connectivity index (χ3n) is 4.58. The standard InChI is InChI=1S/C18H24N4OS/c1-13-6-8-22(9-7-13)12-16-5-3-4-15(10-16)11-19-18(23)17-14(2)20-21-24-17/h3-5,10,13H,6-9,11-12H2,1-2H3,(H,19,23). The number of carbonyl (C=O) groups is 1. The van der Waals surface area contributed by atoms with E-state index < -0.39 is 0 Å². The molecule has 1 aliphatic heterocycles. The van der Waals surface area contributed by atoms with Crippen LogP contribution in [0.25, 0.3) is 0 Å². The highest BCUT2D eigenvalue weighted by Crippen LogP contribution is 2.18. The van der Waals surface area contributed by atoms with E-state index in [1.165, 1.54) is 31.5 Å². The Morgan fingerprint density at radius 3 is 2.79 bits per heavy atom. The van der Waals surface area contributed by atoms with E-state index in [-0.39, 0.29) is 5.91 Å². The minimum atomic E-state index is -0.0991. The molecule has 0 atom stereocenters. The summed E-state index contributed by atoms with van der Waals surface area (Å²) in [5.74, 6) is 0.755. The zero-order chi connectivity index (χ0) is 16.9. The molecule has 0 spiro atoms. The van der Waals surface area contributed by atoms with Crippen molar-refractivity contribution in [1.29, 1.82) is 0 Å². The zero-order valence-corrected chi connectivity index (χ0v) is 15.1. The van der Waals surface area contributed by atoms with E-state index in [2.05, 4.69) is 51.0 Å². The van der Waals surface area contributed by atoms with Crippen LogP contribution in [-0.4, -0.2) is 33.5 Å². The largest absolute Gasteiger partial charge is 0.347 e. The van der Waals surface area contributed by atoms with Crippen molar-refractivity contribution in [2.24, 2.45) is 5.92 Å². The predicted molar refractivity (Wildman–Crippen MR) is 95.9 cm³/mol. The number of nitrogens with zero attached hydrogens (tertiary/aromatic N) is 3. The van der Waals surface area contributed by atoms with Crippen molar-refractivity contribution in [2.45, 2.75) is 39.8 Å². The van der Waals surface area contributed by atoms with E-state index in [0.717, 1.165) is 29.6 Å². The van der Waals surface area contributed by atoms with Crippen LogP contribution in [0.4, 0.5) is 0 Å². The lowest BCUT2D eigenvalue weighted by Crippen LogP contribution is -2.32. The fourth-order valence-corrected chi connectivity index (χ4v) is 3.59. The number of likely N-dealkylation sites (tertiary alicyclic amines) is 1. The molecule has 0 saturated carbocycles. The molecule has 0 radical (unpaired) electrons. The highest BCUT2D eigenvalue weighted by Gasteiger charge is 2.16. The average Bonchev–Trinajstić information content (AvgIpc) is 3.01. The van der Waals surface area contributed by atoms with Crippen LogP contribution in [0, 0.1) is 12.8 Å². The highest BCUT2D eigenvalue weighted by molar-refractivity contribution is 7.07. The number of aryl methyl sites for hydroxylation is 1. The van der Waals surface area contributed by atoms with Gasteiger partial charge in [-0.05, 0) is 61.4 Å². The summed E-state index contributed by atoms with van der Waals surface area (Å²) in [5.41, 5.74) is 3.12. The lowest BCUT2D eigenvalue weighted by Gasteiger charge is -2.30. The average molecular weight is 344 g/mol. The number of piperidine rings is 1. The normalized spacial score (nSPS) is 16.2. The Morgan fingerprint density at radius 2 is 2.08 bits per heavy atom. The number of aromatic nitrogens is 2. The van der Waals surface area contributed by atoms with E-state index >= 15 is 0 Å². The summed E-state index contributed by atoms with van der Waals surface area (Å²) in [4.78, 5) is 15.3. The van der Waals surface area contributed by atoms with Gasteiger partial charge in [0.05, 0.1) is 5.69 Å². The predicted octanol–water partition coefficient (Wildman–Crippen LogP) is 3.01. The quantitative estimate of drug-likeness (QED) is 0.906. The van der Waals surface area contributed by atoms with Crippen molar-refractivity contribution in [2.75, 3.05) is 13.1 Å². The summed E-state index contributed by atoms with van der Waals surface area (Å²) in [6, 6.07) is 8.49. The SMILES string of the molecule is Cc1nnsc1C(=O)NCc1cccc(CN2CCC(C)CC2)c1. The molecule has 5 nitrogen and oxygen atoms in total. The molecular weight excluding hydrogens is 320 g/mol. The topological polar surface area (TPSA) is 58.1 Å². The summed E-state index contributed by atoms with van der Waals surface area (Å²) in [5, 5.41) is 6.84. The number of amides is 1. The number of hydrogen-bond donors (Lipinski definition) is 1. The summed E-state index contributed by atoms with van der Waals surface area (Å²) in [7, 11) is 0. The van der Waals surface area contributed by atoms with Crippen LogP contribution < -0.4 is 5.32 Å². The highest BCUT2D eigenvalue weighted by atomic mass is 32.1. The summed E-state index contributed by atoms with van der Waals surface area (Å²) in [6.07, 6.45) is 2.58. The summed E-state index contributed by atoms with van der Waals surface area (Å²) < 4.78 is 3.81. The molecule has 1 aromatic carbocycles. The van der Waals surface area contributed by atoms with Crippen molar-refractivity contribution in [3.05, 3.63) is 46.0 Å². The van der Waals surface area contributed by atoms with E-state index in [0.29, 0.717) is 17.1 Å². The van der Waals surface area contributed by atoms with E-state index in [1.54, 1.807) is 6.92 Å². The fourth-order valence-electron chi connectivity index (χ4n) is 3.02. The second-order valence-electron chi connectivity index (χ2n) is 6.65. The molecule has 1 aromatic heterocycles. The third-order valence-corrected chi connectivity index (χ3v) is 5.41. The lowest BCUT2D eigenvalue weighted by molar-refractivity contribution is 0.0954. The minimum Gasteiger partial charge on any atom is -0.347 e. The number of rotatable bonds is 5. The summed E-state index contributed by atoms with van der Waals surface area (Å²) >= 11 is 1.14. The van der Waals surface area contributed by atoms with Crippen LogP contribution in [0.2, 0.25) is 0 Å². The van der Waals surface area contributed by atoms with Gasteiger partial charge in [-0.15, -0.1) is 5.10 Å². The Bertz CT molecular complexity index is 692. The molecule has 2 heterocycles. The minimum absolute atomic E-state index is 0.0991. The molecule has 3 rings (SSSR count). The van der Waals surface area contributed by atoms with E-state index in [9.17, 15) is 4.79 Å². The van der Waals surface area contributed by atoms with Gasteiger partial charge in [0.1, 0.15) is 4.88 Å². The first-order valence-electron chi connectivity index (χ1n) is 8.49. The van der Waals surface area contributed by atoms with Crippen LogP contribution in [0.3, 0.4) is 0 Å². The molecule has 24 heavy (non-hydrogen) atoms. The zero-order valence-electron chi connectivity index (χ0n) is 14.3. The van der Waals surface area contributed by atoms with Crippen molar-refractivity contribution >= 4 is 17.4 Å². The molecule has 128 valence electrons. The monoisotopic (exact) mass is 344 g/mol. The maximum absolute atomic E-state index is 12.1. The van der Waals surface area contributed by atoms with Crippen LogP contribution in [0.15, 0.2) is 24.3 Å². The first kappa shape index (κ1) is 17.0. The molecule has 1 saturated heterocycles. The smallest absolute Gasteiger partial charge is 0.265 e. The first-order valence-corrected chi connectivity index (χ1v) is 9.26.